The maximum absolute atomic E-state index is 12.7. The van der Waals surface area contributed by atoms with Gasteiger partial charge in [0.2, 0.25) is 5.91 Å². The van der Waals surface area contributed by atoms with Crippen molar-refractivity contribution in [1.29, 1.82) is 0 Å². The van der Waals surface area contributed by atoms with Gasteiger partial charge in [0.05, 0.1) is 5.69 Å². The summed E-state index contributed by atoms with van der Waals surface area (Å²) in [5.74, 6) is 2.23. The fourth-order valence-electron chi connectivity index (χ4n) is 5.98. The lowest BCUT2D eigenvalue weighted by Crippen LogP contribution is -2.28. The van der Waals surface area contributed by atoms with Crippen LogP contribution in [-0.2, 0) is 4.79 Å². The second kappa shape index (κ2) is 7.94. The maximum atomic E-state index is 12.7. The molecule has 0 bridgehead atoms. The summed E-state index contributed by atoms with van der Waals surface area (Å²) in [5.41, 5.74) is 3.64. The summed E-state index contributed by atoms with van der Waals surface area (Å²) < 4.78 is 0. The molecule has 3 aromatic rings. The number of benzene rings is 1. The highest BCUT2D eigenvalue weighted by Crippen LogP contribution is 2.61. The van der Waals surface area contributed by atoms with Crippen LogP contribution in [0.1, 0.15) is 31.9 Å². The molecule has 34 heavy (non-hydrogen) atoms. The molecule has 1 aliphatic carbocycles. The van der Waals surface area contributed by atoms with Crippen LogP contribution in [0.3, 0.4) is 0 Å². The van der Waals surface area contributed by atoms with Crippen LogP contribution in [0.2, 0.25) is 0 Å². The summed E-state index contributed by atoms with van der Waals surface area (Å²) in [4.78, 5) is 20.5. The lowest BCUT2D eigenvalue weighted by atomic mass is 10.0. The predicted molar refractivity (Wildman–Crippen MR) is 131 cm³/mol. The largest absolute Gasteiger partial charge is 0.507 e. The predicted octanol–water partition coefficient (Wildman–Crippen LogP) is 3.79. The molecule has 7 heteroatoms. The zero-order chi connectivity index (χ0) is 23.4. The second-order valence-corrected chi connectivity index (χ2v) is 10.7. The van der Waals surface area contributed by atoms with E-state index in [1.165, 1.54) is 0 Å². The highest BCUT2D eigenvalue weighted by Gasteiger charge is 2.61. The zero-order valence-corrected chi connectivity index (χ0v) is 19.7. The molecule has 2 unspecified atom stereocenters. The van der Waals surface area contributed by atoms with E-state index in [0.29, 0.717) is 23.2 Å². The number of aromatic nitrogens is 3. The minimum absolute atomic E-state index is 0.102. The van der Waals surface area contributed by atoms with Gasteiger partial charge in [-0.25, -0.2) is 0 Å². The van der Waals surface area contributed by atoms with Crippen LogP contribution in [0.4, 0.5) is 0 Å². The van der Waals surface area contributed by atoms with Crippen molar-refractivity contribution < 1.29 is 9.90 Å². The van der Waals surface area contributed by atoms with Gasteiger partial charge >= 0.3 is 0 Å². The van der Waals surface area contributed by atoms with Crippen LogP contribution < -0.4 is 0 Å². The molecule has 0 radical (unpaired) electrons. The van der Waals surface area contributed by atoms with Gasteiger partial charge in [-0.2, -0.15) is 0 Å². The number of hydrogen-bond donors (Lipinski definition) is 2. The maximum Gasteiger partial charge on any atom is 0.246 e. The topological polar surface area (TPSA) is 85.3 Å². The van der Waals surface area contributed by atoms with Crippen molar-refractivity contribution in [2.75, 3.05) is 32.7 Å². The first kappa shape index (κ1) is 21.4. The van der Waals surface area contributed by atoms with Gasteiger partial charge in [-0.1, -0.05) is 32.1 Å². The third kappa shape index (κ3) is 3.68. The van der Waals surface area contributed by atoms with Crippen LogP contribution in [0.15, 0.2) is 48.6 Å². The number of phenols is 1. The Labute approximate surface area is 199 Å². The van der Waals surface area contributed by atoms with Crippen molar-refractivity contribution in [3.05, 3.63) is 54.2 Å². The Morgan fingerprint density at radius 3 is 2.76 bits per heavy atom. The van der Waals surface area contributed by atoms with Crippen molar-refractivity contribution in [2.24, 2.45) is 17.3 Å². The smallest absolute Gasteiger partial charge is 0.246 e. The number of para-hydroxylation sites is 1. The number of rotatable bonds is 5. The Morgan fingerprint density at radius 1 is 1.18 bits per heavy atom. The number of amides is 1. The number of hydrogen-bond acceptors (Lipinski definition) is 5. The highest BCUT2D eigenvalue weighted by molar-refractivity contribution is 5.88. The minimum atomic E-state index is 0.102. The van der Waals surface area contributed by atoms with E-state index in [0.717, 1.165) is 61.2 Å². The van der Waals surface area contributed by atoms with Gasteiger partial charge in [0, 0.05) is 61.4 Å². The molecule has 3 aliphatic rings. The average molecular weight is 458 g/mol. The summed E-state index contributed by atoms with van der Waals surface area (Å²) in [5, 5.41) is 19.7. The summed E-state index contributed by atoms with van der Waals surface area (Å²) in [6, 6.07) is 11.2. The van der Waals surface area contributed by atoms with E-state index in [9.17, 15) is 9.90 Å². The zero-order valence-electron chi connectivity index (χ0n) is 19.7. The van der Waals surface area contributed by atoms with Crippen molar-refractivity contribution in [2.45, 2.75) is 26.2 Å². The molecular formula is C27H31N5O2. The van der Waals surface area contributed by atoms with E-state index in [1.54, 1.807) is 18.2 Å². The van der Waals surface area contributed by atoms with Crippen LogP contribution >= 0.6 is 0 Å². The molecule has 176 valence electrons. The fraction of sp³-hybridized carbons (Fsp3) is 0.444. The monoisotopic (exact) mass is 457 g/mol. The molecule has 1 aromatic carbocycles. The van der Waals surface area contributed by atoms with Gasteiger partial charge in [0.25, 0.3) is 0 Å². The van der Waals surface area contributed by atoms with E-state index < -0.39 is 0 Å². The molecule has 3 fully saturated rings. The Balaban J connectivity index is 1.08. The van der Waals surface area contributed by atoms with E-state index >= 15 is 0 Å². The molecule has 2 aromatic heterocycles. The van der Waals surface area contributed by atoms with E-state index in [-0.39, 0.29) is 17.6 Å². The Hall–Kier alpha value is -3.19. The van der Waals surface area contributed by atoms with Crippen molar-refractivity contribution in [3.63, 3.8) is 0 Å². The number of H-pyrrole nitrogens is 1. The SMILES string of the molecule is CC1(C)C2CN(C/C=C/C(=O)N3CC[C@@H](c4cc5cc(-c6ccccc6O)nnc5[nH]4)C3)CC21. The van der Waals surface area contributed by atoms with E-state index in [4.69, 9.17) is 0 Å². The third-order valence-electron chi connectivity index (χ3n) is 8.34. The number of carbonyl (C=O) groups excluding carboxylic acids is 1. The molecule has 7 nitrogen and oxygen atoms in total. The van der Waals surface area contributed by atoms with Crippen LogP contribution in [0.5, 0.6) is 5.75 Å². The first-order valence-electron chi connectivity index (χ1n) is 12.2. The van der Waals surface area contributed by atoms with Gasteiger partial charge in [-0.15, -0.1) is 10.2 Å². The molecule has 3 atom stereocenters. The minimum Gasteiger partial charge on any atom is -0.507 e. The molecule has 2 N–H and O–H groups in total. The number of likely N-dealkylation sites (tertiary alicyclic amines) is 2. The number of aromatic amines is 1. The molecule has 1 saturated carbocycles. The van der Waals surface area contributed by atoms with Gasteiger partial charge in [-0.05, 0) is 47.9 Å². The molecular weight excluding hydrogens is 426 g/mol. The number of aromatic hydroxyl groups is 1. The van der Waals surface area contributed by atoms with Crippen molar-refractivity contribution in [3.8, 4) is 17.0 Å². The standard InChI is InChI=1S/C27H31N5O2/c1-27(2)20-15-31(16-21(20)27)10-5-8-25(34)32-11-9-17(14-32)22-12-18-13-23(29-30-26(18)28-22)19-6-3-4-7-24(19)33/h3-8,12-13,17,20-21,33H,9-11,14-16H2,1-2H3,(H,28,30)/b8-5+/t17-,20?,21?/m1/s1. The number of piperidine rings is 1. The molecule has 6 rings (SSSR count). The number of nitrogens with one attached hydrogen (secondary N) is 1. The quantitative estimate of drug-likeness (QED) is 0.570. The number of fused-ring (bicyclic) bond motifs is 2. The Bertz CT molecular complexity index is 1270. The van der Waals surface area contributed by atoms with Gasteiger partial charge in [0.15, 0.2) is 5.65 Å². The fourth-order valence-corrected chi connectivity index (χ4v) is 5.98. The highest BCUT2D eigenvalue weighted by atomic mass is 16.3. The number of carbonyl (C=O) groups is 1. The normalized spacial score (nSPS) is 25.9. The second-order valence-electron chi connectivity index (χ2n) is 10.7. The van der Waals surface area contributed by atoms with Gasteiger partial charge in [-0.3, -0.25) is 9.69 Å². The van der Waals surface area contributed by atoms with E-state index in [2.05, 4.69) is 40.0 Å². The summed E-state index contributed by atoms with van der Waals surface area (Å²) >= 11 is 0. The number of nitrogens with zero attached hydrogens (tertiary/aromatic N) is 4. The van der Waals surface area contributed by atoms with Crippen LogP contribution in [-0.4, -0.2) is 68.7 Å². The molecule has 4 heterocycles. The van der Waals surface area contributed by atoms with Crippen molar-refractivity contribution >= 4 is 16.9 Å². The Kier molecular flexibility index (Phi) is 4.99. The van der Waals surface area contributed by atoms with Gasteiger partial charge < -0.3 is 15.0 Å². The molecule has 2 saturated heterocycles. The third-order valence-corrected chi connectivity index (χ3v) is 8.34. The van der Waals surface area contributed by atoms with E-state index in [1.807, 2.05) is 29.2 Å². The lowest BCUT2D eigenvalue weighted by molar-refractivity contribution is -0.125. The molecule has 1 amide bonds. The average Bonchev–Trinajstić information content (AvgIpc) is 3.39. The first-order valence-corrected chi connectivity index (χ1v) is 12.2. The number of phenolic OH excluding ortho intramolecular Hbond substituents is 1. The molecule has 2 aliphatic heterocycles. The Morgan fingerprint density at radius 2 is 1.97 bits per heavy atom. The van der Waals surface area contributed by atoms with Crippen molar-refractivity contribution in [1.82, 2.24) is 25.0 Å². The van der Waals surface area contributed by atoms with Gasteiger partial charge in [0.1, 0.15) is 5.75 Å². The summed E-state index contributed by atoms with van der Waals surface area (Å²) in [6.07, 6.45) is 4.72. The summed E-state index contributed by atoms with van der Waals surface area (Å²) in [6.45, 7) is 9.41. The molecule has 0 spiro atoms. The van der Waals surface area contributed by atoms with Crippen LogP contribution in [0, 0.1) is 17.3 Å². The first-order chi connectivity index (χ1) is 16.4. The van der Waals surface area contributed by atoms with Crippen LogP contribution in [0.25, 0.3) is 22.3 Å². The summed E-state index contributed by atoms with van der Waals surface area (Å²) in [7, 11) is 0. The lowest BCUT2D eigenvalue weighted by Gasteiger charge is -2.20.